The second kappa shape index (κ2) is 5.16. The summed E-state index contributed by atoms with van der Waals surface area (Å²) in [5.41, 5.74) is 5.79. The van der Waals surface area contributed by atoms with Crippen molar-refractivity contribution in [1.29, 1.82) is 0 Å². The standard InChI is InChI=1S/C13H10ClFN2O2/c14-7-1-3-8(4-2-7)17-12-5-9(13(18)19)11(16)6-10(12)15/h1-6,17H,16H2,(H,18,19). The fourth-order valence-electron chi connectivity index (χ4n) is 1.56. The van der Waals surface area contributed by atoms with Crippen LogP contribution < -0.4 is 11.1 Å². The minimum absolute atomic E-state index is 0.0360. The summed E-state index contributed by atoms with van der Waals surface area (Å²) < 4.78 is 13.7. The third kappa shape index (κ3) is 2.95. The van der Waals surface area contributed by atoms with Crippen LogP contribution in [0, 0.1) is 5.82 Å². The molecule has 0 fully saturated rings. The maximum absolute atomic E-state index is 13.7. The van der Waals surface area contributed by atoms with Gasteiger partial charge in [-0.3, -0.25) is 0 Å². The number of aromatic carboxylic acids is 1. The van der Waals surface area contributed by atoms with Gasteiger partial charge in [0.25, 0.3) is 0 Å². The molecule has 0 unspecified atom stereocenters. The van der Waals surface area contributed by atoms with Crippen LogP contribution in [0.25, 0.3) is 0 Å². The highest BCUT2D eigenvalue weighted by atomic mass is 35.5. The molecule has 2 rings (SSSR count). The van der Waals surface area contributed by atoms with Gasteiger partial charge in [0.15, 0.2) is 0 Å². The predicted octanol–water partition coefficient (Wildman–Crippen LogP) is 3.50. The van der Waals surface area contributed by atoms with E-state index >= 15 is 0 Å². The van der Waals surface area contributed by atoms with Crippen molar-refractivity contribution >= 4 is 34.6 Å². The van der Waals surface area contributed by atoms with E-state index in [0.29, 0.717) is 10.7 Å². The molecule has 2 aromatic rings. The van der Waals surface area contributed by atoms with Crippen LogP contribution in [-0.4, -0.2) is 11.1 Å². The van der Waals surface area contributed by atoms with Gasteiger partial charge in [0.05, 0.1) is 11.3 Å². The van der Waals surface area contributed by atoms with Gasteiger partial charge in [0.1, 0.15) is 5.82 Å². The molecule has 2 aromatic carbocycles. The number of benzene rings is 2. The predicted molar refractivity (Wildman–Crippen MR) is 72.5 cm³/mol. The lowest BCUT2D eigenvalue weighted by Crippen LogP contribution is -2.05. The summed E-state index contributed by atoms with van der Waals surface area (Å²) in [5.74, 6) is -1.84. The van der Waals surface area contributed by atoms with E-state index in [1.54, 1.807) is 24.3 Å². The van der Waals surface area contributed by atoms with Gasteiger partial charge in [0.2, 0.25) is 0 Å². The number of rotatable bonds is 3. The van der Waals surface area contributed by atoms with Gasteiger partial charge >= 0.3 is 5.97 Å². The van der Waals surface area contributed by atoms with E-state index in [1.807, 2.05) is 0 Å². The minimum Gasteiger partial charge on any atom is -0.478 e. The van der Waals surface area contributed by atoms with Crippen molar-refractivity contribution in [2.75, 3.05) is 11.1 Å². The molecule has 0 amide bonds. The lowest BCUT2D eigenvalue weighted by Gasteiger charge is -2.10. The van der Waals surface area contributed by atoms with E-state index in [0.717, 1.165) is 12.1 Å². The highest BCUT2D eigenvalue weighted by Gasteiger charge is 2.13. The number of anilines is 3. The van der Waals surface area contributed by atoms with E-state index in [-0.39, 0.29) is 16.9 Å². The molecule has 0 heterocycles. The first-order valence-corrected chi connectivity index (χ1v) is 5.70. The van der Waals surface area contributed by atoms with Crippen molar-refractivity contribution in [3.05, 3.63) is 52.8 Å². The maximum Gasteiger partial charge on any atom is 0.337 e. The lowest BCUT2D eigenvalue weighted by atomic mass is 10.1. The van der Waals surface area contributed by atoms with Gasteiger partial charge in [0, 0.05) is 16.4 Å². The SMILES string of the molecule is Nc1cc(F)c(Nc2ccc(Cl)cc2)cc1C(=O)O. The maximum atomic E-state index is 13.7. The van der Waals surface area contributed by atoms with Gasteiger partial charge < -0.3 is 16.2 Å². The van der Waals surface area contributed by atoms with Gasteiger partial charge in [-0.15, -0.1) is 0 Å². The van der Waals surface area contributed by atoms with E-state index in [9.17, 15) is 9.18 Å². The fraction of sp³-hybridized carbons (Fsp3) is 0. The number of carboxylic acids is 1. The number of carbonyl (C=O) groups is 1. The quantitative estimate of drug-likeness (QED) is 0.752. The van der Waals surface area contributed by atoms with Crippen LogP contribution in [0.15, 0.2) is 36.4 Å². The van der Waals surface area contributed by atoms with Gasteiger partial charge in [-0.25, -0.2) is 9.18 Å². The number of carboxylic acid groups (broad SMARTS) is 1. The Morgan fingerprint density at radius 3 is 2.47 bits per heavy atom. The van der Waals surface area contributed by atoms with Gasteiger partial charge in [-0.2, -0.15) is 0 Å². The summed E-state index contributed by atoms with van der Waals surface area (Å²) >= 11 is 5.74. The number of hydrogen-bond donors (Lipinski definition) is 3. The van der Waals surface area contributed by atoms with Crippen LogP contribution in [0.5, 0.6) is 0 Å². The molecule has 0 aliphatic rings. The molecular formula is C13H10ClFN2O2. The highest BCUT2D eigenvalue weighted by molar-refractivity contribution is 6.30. The van der Waals surface area contributed by atoms with E-state index in [4.69, 9.17) is 22.4 Å². The molecule has 4 N–H and O–H groups in total. The molecule has 0 aliphatic carbocycles. The Labute approximate surface area is 113 Å². The topological polar surface area (TPSA) is 75.3 Å². The number of hydrogen-bond acceptors (Lipinski definition) is 3. The Hall–Kier alpha value is -2.27. The second-order valence-electron chi connectivity index (χ2n) is 3.86. The molecule has 0 bridgehead atoms. The van der Waals surface area contributed by atoms with Crippen molar-refractivity contribution in [1.82, 2.24) is 0 Å². The Balaban J connectivity index is 2.37. The Kier molecular flexibility index (Phi) is 3.57. The number of halogens is 2. The molecule has 4 nitrogen and oxygen atoms in total. The average Bonchev–Trinajstić information content (AvgIpc) is 2.34. The molecule has 0 saturated heterocycles. The van der Waals surface area contributed by atoms with E-state index in [1.165, 1.54) is 0 Å². The van der Waals surface area contributed by atoms with Crippen LogP contribution >= 0.6 is 11.6 Å². The number of nitrogen functional groups attached to an aromatic ring is 1. The zero-order valence-corrected chi connectivity index (χ0v) is 10.4. The second-order valence-corrected chi connectivity index (χ2v) is 4.29. The number of nitrogens with two attached hydrogens (primary N) is 1. The summed E-state index contributed by atoms with van der Waals surface area (Å²) in [6, 6.07) is 8.70. The first kappa shape index (κ1) is 13.2. The van der Waals surface area contributed by atoms with Crippen LogP contribution in [0.2, 0.25) is 5.02 Å². The molecular weight excluding hydrogens is 271 g/mol. The Morgan fingerprint density at radius 1 is 1.26 bits per heavy atom. The molecule has 0 saturated carbocycles. The smallest absolute Gasteiger partial charge is 0.337 e. The average molecular weight is 281 g/mol. The van der Waals surface area contributed by atoms with Crippen molar-refractivity contribution in [2.24, 2.45) is 0 Å². The Bertz CT molecular complexity index is 629. The third-order valence-corrected chi connectivity index (χ3v) is 2.74. The molecule has 0 spiro atoms. The summed E-state index contributed by atoms with van der Waals surface area (Å²) in [7, 11) is 0. The molecule has 0 atom stereocenters. The zero-order chi connectivity index (χ0) is 14.0. The lowest BCUT2D eigenvalue weighted by molar-refractivity contribution is 0.0698. The monoisotopic (exact) mass is 280 g/mol. The molecule has 6 heteroatoms. The normalized spacial score (nSPS) is 10.2. The Morgan fingerprint density at radius 2 is 1.89 bits per heavy atom. The van der Waals surface area contributed by atoms with Crippen LogP contribution in [0.1, 0.15) is 10.4 Å². The molecule has 98 valence electrons. The molecule has 0 aromatic heterocycles. The van der Waals surface area contributed by atoms with Crippen LogP contribution in [0.3, 0.4) is 0 Å². The number of nitrogens with one attached hydrogen (secondary N) is 1. The van der Waals surface area contributed by atoms with Crippen molar-refractivity contribution in [3.63, 3.8) is 0 Å². The molecule has 19 heavy (non-hydrogen) atoms. The minimum atomic E-state index is -1.21. The van der Waals surface area contributed by atoms with Crippen molar-refractivity contribution in [2.45, 2.75) is 0 Å². The zero-order valence-electron chi connectivity index (χ0n) is 9.65. The highest BCUT2D eigenvalue weighted by Crippen LogP contribution is 2.26. The molecule has 0 aliphatic heterocycles. The summed E-state index contributed by atoms with van der Waals surface area (Å²) in [6.45, 7) is 0. The molecule has 0 radical (unpaired) electrons. The third-order valence-electron chi connectivity index (χ3n) is 2.49. The van der Waals surface area contributed by atoms with Gasteiger partial charge in [-0.1, -0.05) is 11.6 Å². The van der Waals surface area contributed by atoms with E-state index < -0.39 is 11.8 Å². The van der Waals surface area contributed by atoms with E-state index in [2.05, 4.69) is 5.32 Å². The van der Waals surface area contributed by atoms with Crippen LogP contribution in [-0.2, 0) is 0 Å². The first-order chi connectivity index (χ1) is 8.97. The van der Waals surface area contributed by atoms with Crippen molar-refractivity contribution < 1.29 is 14.3 Å². The fourth-order valence-corrected chi connectivity index (χ4v) is 1.68. The van der Waals surface area contributed by atoms with Crippen molar-refractivity contribution in [3.8, 4) is 0 Å². The largest absolute Gasteiger partial charge is 0.478 e. The summed E-state index contributed by atoms with van der Waals surface area (Å²) in [5, 5.41) is 12.3. The summed E-state index contributed by atoms with van der Waals surface area (Å²) in [6.07, 6.45) is 0. The first-order valence-electron chi connectivity index (χ1n) is 5.32. The van der Waals surface area contributed by atoms with Gasteiger partial charge in [-0.05, 0) is 36.4 Å². The van der Waals surface area contributed by atoms with Crippen LogP contribution in [0.4, 0.5) is 21.5 Å². The summed E-state index contributed by atoms with van der Waals surface area (Å²) in [4.78, 5) is 10.9.